The summed E-state index contributed by atoms with van der Waals surface area (Å²) in [5.74, 6) is 1.55. The number of thioether (sulfide) groups is 1. The van der Waals surface area contributed by atoms with E-state index >= 15 is 0 Å². The van der Waals surface area contributed by atoms with Gasteiger partial charge in [0.05, 0.1) is 5.75 Å². The predicted molar refractivity (Wildman–Crippen MR) is 101 cm³/mol. The Morgan fingerprint density at radius 3 is 2.52 bits per heavy atom. The number of rotatable bonds is 5. The number of nitrogens with zero attached hydrogens (tertiary/aromatic N) is 4. The van der Waals surface area contributed by atoms with Gasteiger partial charge in [-0.3, -0.25) is 4.79 Å². The Hall–Kier alpha value is -1.82. The third-order valence-electron chi connectivity index (χ3n) is 4.94. The van der Waals surface area contributed by atoms with Crippen LogP contribution >= 0.6 is 11.8 Å². The molecule has 0 aliphatic carbocycles. The number of piperidine rings is 1. The number of benzene rings is 1. The second-order valence-corrected chi connectivity index (χ2v) is 7.78. The molecule has 0 radical (unpaired) electrons. The monoisotopic (exact) mass is 358 g/mol. The standard InChI is InChI=1S/C19H26N4OS/c1-14-8-7-9-15(2)23(14)18(24)13-25-19-21-20-17(22(19)3)12-16-10-5-4-6-11-16/h4-6,10-11,14-15H,7-9,12-13H2,1-3H3/t14-,15-/m0/s1. The molecule has 5 nitrogen and oxygen atoms in total. The number of hydrogen-bond acceptors (Lipinski definition) is 4. The first kappa shape index (κ1) is 18.0. The van der Waals surface area contributed by atoms with Crippen LogP contribution in [-0.2, 0) is 18.3 Å². The van der Waals surface area contributed by atoms with Crippen molar-refractivity contribution in [3.05, 3.63) is 41.7 Å². The van der Waals surface area contributed by atoms with Crippen molar-refractivity contribution in [3.8, 4) is 0 Å². The SMILES string of the molecule is C[C@H]1CCC[C@H](C)N1C(=O)CSc1nnc(Cc2ccccc2)n1C. The van der Waals surface area contributed by atoms with Gasteiger partial charge >= 0.3 is 0 Å². The van der Waals surface area contributed by atoms with E-state index in [-0.39, 0.29) is 5.91 Å². The van der Waals surface area contributed by atoms with Crippen LogP contribution in [0.3, 0.4) is 0 Å². The summed E-state index contributed by atoms with van der Waals surface area (Å²) in [6.07, 6.45) is 4.17. The number of amides is 1. The van der Waals surface area contributed by atoms with Crippen LogP contribution in [0.5, 0.6) is 0 Å². The predicted octanol–water partition coefficient (Wildman–Crippen LogP) is 3.29. The van der Waals surface area contributed by atoms with Crippen molar-refractivity contribution in [1.82, 2.24) is 19.7 Å². The molecule has 1 fully saturated rings. The topological polar surface area (TPSA) is 51.0 Å². The van der Waals surface area contributed by atoms with Crippen molar-refractivity contribution in [2.24, 2.45) is 7.05 Å². The van der Waals surface area contributed by atoms with Crippen molar-refractivity contribution in [2.75, 3.05) is 5.75 Å². The maximum Gasteiger partial charge on any atom is 0.233 e. The molecule has 1 aliphatic rings. The van der Waals surface area contributed by atoms with Crippen LogP contribution in [0.25, 0.3) is 0 Å². The van der Waals surface area contributed by atoms with Crippen molar-refractivity contribution in [3.63, 3.8) is 0 Å². The quantitative estimate of drug-likeness (QED) is 0.770. The molecule has 2 atom stereocenters. The molecule has 0 saturated carbocycles. The van der Waals surface area contributed by atoms with E-state index in [1.807, 2.05) is 29.8 Å². The Morgan fingerprint density at radius 2 is 1.84 bits per heavy atom. The van der Waals surface area contributed by atoms with Crippen molar-refractivity contribution >= 4 is 17.7 Å². The number of likely N-dealkylation sites (tertiary alicyclic amines) is 1. The van der Waals surface area contributed by atoms with Crippen LogP contribution in [0.15, 0.2) is 35.5 Å². The van der Waals surface area contributed by atoms with E-state index in [0.717, 1.165) is 30.2 Å². The van der Waals surface area contributed by atoms with E-state index in [1.165, 1.54) is 23.7 Å². The lowest BCUT2D eigenvalue weighted by molar-refractivity contribution is -0.134. The number of hydrogen-bond donors (Lipinski definition) is 0. The van der Waals surface area contributed by atoms with Crippen LogP contribution in [0, 0.1) is 0 Å². The molecule has 1 aromatic carbocycles. The molecule has 2 aromatic rings. The average molecular weight is 359 g/mol. The Balaban J connectivity index is 1.61. The zero-order chi connectivity index (χ0) is 17.8. The van der Waals surface area contributed by atoms with Crippen LogP contribution in [0.2, 0.25) is 0 Å². The van der Waals surface area contributed by atoms with Gasteiger partial charge in [0, 0.05) is 25.6 Å². The van der Waals surface area contributed by atoms with Gasteiger partial charge in [0.2, 0.25) is 5.91 Å². The molecule has 1 aromatic heterocycles. The van der Waals surface area contributed by atoms with E-state index < -0.39 is 0 Å². The van der Waals surface area contributed by atoms with E-state index in [4.69, 9.17) is 0 Å². The van der Waals surface area contributed by atoms with Crippen molar-refractivity contribution in [1.29, 1.82) is 0 Å². The summed E-state index contributed by atoms with van der Waals surface area (Å²) in [6.45, 7) is 4.30. The van der Waals surface area contributed by atoms with Crippen LogP contribution in [0.4, 0.5) is 0 Å². The first-order valence-electron chi connectivity index (χ1n) is 8.92. The van der Waals surface area contributed by atoms with Crippen molar-refractivity contribution in [2.45, 2.75) is 56.8 Å². The Bertz CT molecular complexity index is 705. The highest BCUT2D eigenvalue weighted by molar-refractivity contribution is 7.99. The molecular weight excluding hydrogens is 332 g/mol. The summed E-state index contributed by atoms with van der Waals surface area (Å²) in [5.41, 5.74) is 1.21. The first-order chi connectivity index (χ1) is 12.1. The smallest absolute Gasteiger partial charge is 0.233 e. The summed E-state index contributed by atoms with van der Waals surface area (Å²) < 4.78 is 1.99. The lowest BCUT2D eigenvalue weighted by Gasteiger charge is -2.39. The third-order valence-corrected chi connectivity index (χ3v) is 5.94. The normalized spacial score (nSPS) is 20.7. The van der Waals surface area contributed by atoms with Gasteiger partial charge in [-0.05, 0) is 38.7 Å². The highest BCUT2D eigenvalue weighted by Crippen LogP contribution is 2.25. The molecule has 25 heavy (non-hydrogen) atoms. The summed E-state index contributed by atoms with van der Waals surface area (Å²) in [5, 5.41) is 9.37. The minimum Gasteiger partial charge on any atom is -0.337 e. The lowest BCUT2D eigenvalue weighted by atomic mass is 9.98. The van der Waals surface area contributed by atoms with E-state index in [2.05, 4.69) is 41.1 Å². The van der Waals surface area contributed by atoms with Gasteiger partial charge in [0.25, 0.3) is 0 Å². The Kier molecular flexibility index (Phi) is 5.78. The molecule has 0 bridgehead atoms. The maximum atomic E-state index is 12.6. The molecule has 0 unspecified atom stereocenters. The Labute approximate surface area is 153 Å². The van der Waals surface area contributed by atoms with E-state index in [0.29, 0.717) is 17.8 Å². The summed E-state index contributed by atoms with van der Waals surface area (Å²) >= 11 is 1.48. The van der Waals surface area contributed by atoms with Crippen LogP contribution in [-0.4, -0.2) is 43.4 Å². The number of carbonyl (C=O) groups excluding carboxylic acids is 1. The number of aromatic nitrogens is 3. The largest absolute Gasteiger partial charge is 0.337 e. The number of carbonyl (C=O) groups is 1. The lowest BCUT2D eigenvalue weighted by Crippen LogP contribution is -2.48. The van der Waals surface area contributed by atoms with Gasteiger partial charge in [0.1, 0.15) is 5.82 Å². The highest BCUT2D eigenvalue weighted by Gasteiger charge is 2.29. The Morgan fingerprint density at radius 1 is 1.16 bits per heavy atom. The second-order valence-electron chi connectivity index (χ2n) is 6.84. The second kappa shape index (κ2) is 8.04. The fourth-order valence-corrected chi connectivity index (χ4v) is 4.32. The van der Waals surface area contributed by atoms with Gasteiger partial charge in [-0.1, -0.05) is 42.1 Å². The molecule has 134 valence electrons. The van der Waals surface area contributed by atoms with Gasteiger partial charge in [-0.25, -0.2) is 0 Å². The minimum absolute atomic E-state index is 0.206. The molecule has 0 N–H and O–H groups in total. The highest BCUT2D eigenvalue weighted by atomic mass is 32.2. The van der Waals surface area contributed by atoms with Gasteiger partial charge < -0.3 is 9.47 Å². The zero-order valence-electron chi connectivity index (χ0n) is 15.2. The molecular formula is C19H26N4OS. The first-order valence-corrected chi connectivity index (χ1v) is 9.91. The third kappa shape index (κ3) is 4.24. The maximum absolute atomic E-state index is 12.6. The molecule has 1 aliphatic heterocycles. The molecule has 0 spiro atoms. The van der Waals surface area contributed by atoms with Crippen LogP contribution < -0.4 is 0 Å². The zero-order valence-corrected chi connectivity index (χ0v) is 16.0. The summed E-state index contributed by atoms with van der Waals surface area (Å²) in [6, 6.07) is 10.9. The van der Waals surface area contributed by atoms with Gasteiger partial charge in [-0.2, -0.15) is 0 Å². The van der Waals surface area contributed by atoms with Gasteiger partial charge in [0.15, 0.2) is 5.16 Å². The molecule has 6 heteroatoms. The minimum atomic E-state index is 0.206. The summed E-state index contributed by atoms with van der Waals surface area (Å²) in [4.78, 5) is 14.7. The van der Waals surface area contributed by atoms with E-state index in [1.54, 1.807) is 0 Å². The van der Waals surface area contributed by atoms with Gasteiger partial charge in [-0.15, -0.1) is 10.2 Å². The molecule has 2 heterocycles. The van der Waals surface area contributed by atoms with E-state index in [9.17, 15) is 4.79 Å². The van der Waals surface area contributed by atoms with Crippen LogP contribution in [0.1, 0.15) is 44.5 Å². The molecule has 3 rings (SSSR count). The molecule has 1 saturated heterocycles. The van der Waals surface area contributed by atoms with Crippen molar-refractivity contribution < 1.29 is 4.79 Å². The average Bonchev–Trinajstić information content (AvgIpc) is 2.94. The fourth-order valence-electron chi connectivity index (χ4n) is 3.52. The summed E-state index contributed by atoms with van der Waals surface area (Å²) in [7, 11) is 1.97. The molecule has 1 amide bonds. The fraction of sp³-hybridized carbons (Fsp3) is 0.526.